The minimum Gasteiger partial charge on any atom is -0.351 e. The summed E-state index contributed by atoms with van der Waals surface area (Å²) in [5.41, 5.74) is 3.07. The highest BCUT2D eigenvalue weighted by Gasteiger charge is 2.23. The maximum absolute atomic E-state index is 13.0. The Morgan fingerprint density at radius 1 is 1.13 bits per heavy atom. The molecule has 2 N–H and O–H groups in total. The molecule has 31 heavy (non-hydrogen) atoms. The van der Waals surface area contributed by atoms with Crippen LogP contribution in [0.1, 0.15) is 36.2 Å². The summed E-state index contributed by atoms with van der Waals surface area (Å²) in [6, 6.07) is 13.8. The number of H-pyrrole nitrogens is 1. The lowest BCUT2D eigenvalue weighted by atomic mass is 10.0. The van der Waals surface area contributed by atoms with E-state index in [0.29, 0.717) is 17.7 Å². The number of hydrogen-bond acceptors (Lipinski definition) is 3. The van der Waals surface area contributed by atoms with Gasteiger partial charge >= 0.3 is 0 Å². The van der Waals surface area contributed by atoms with Crippen LogP contribution in [-0.2, 0) is 4.79 Å². The summed E-state index contributed by atoms with van der Waals surface area (Å²) in [6.45, 7) is 4.53. The smallest absolute Gasteiger partial charge is 0.251 e. The molecule has 0 aliphatic carbocycles. The first-order chi connectivity index (χ1) is 15.0. The molecule has 1 aliphatic heterocycles. The maximum Gasteiger partial charge on any atom is 0.251 e. The second kappa shape index (κ2) is 9.26. The van der Waals surface area contributed by atoms with Crippen LogP contribution in [0.15, 0.2) is 53.5 Å². The molecule has 0 radical (unpaired) electrons. The summed E-state index contributed by atoms with van der Waals surface area (Å²) in [7, 11) is 0. The van der Waals surface area contributed by atoms with E-state index in [1.54, 1.807) is 0 Å². The number of para-hydroxylation sites is 2. The van der Waals surface area contributed by atoms with Crippen LogP contribution in [0.3, 0.4) is 0 Å². The van der Waals surface area contributed by atoms with Gasteiger partial charge in [0.25, 0.3) is 5.91 Å². The van der Waals surface area contributed by atoms with E-state index in [9.17, 15) is 14.0 Å². The van der Waals surface area contributed by atoms with E-state index in [1.165, 1.54) is 31.2 Å². The van der Waals surface area contributed by atoms with Crippen LogP contribution in [0.2, 0.25) is 0 Å². The normalized spacial score (nSPS) is 16.0. The van der Waals surface area contributed by atoms with Crippen molar-refractivity contribution in [2.24, 2.45) is 4.99 Å². The van der Waals surface area contributed by atoms with Gasteiger partial charge in [-0.3, -0.25) is 9.59 Å². The highest BCUT2D eigenvalue weighted by molar-refractivity contribution is 5.94. The lowest BCUT2D eigenvalue weighted by Gasteiger charge is -2.32. The number of benzene rings is 2. The lowest BCUT2D eigenvalue weighted by Crippen LogP contribution is -2.41. The molecule has 2 amide bonds. The van der Waals surface area contributed by atoms with Gasteiger partial charge < -0.3 is 19.8 Å². The number of imidazole rings is 1. The van der Waals surface area contributed by atoms with Crippen LogP contribution in [0.4, 0.5) is 4.39 Å². The Bertz CT molecular complexity index is 1140. The molecule has 4 rings (SSSR count). The third kappa shape index (κ3) is 4.91. The number of aromatic nitrogens is 2. The molecular formula is C23H26FN5O2. The Morgan fingerprint density at radius 2 is 1.84 bits per heavy atom. The third-order valence-electron chi connectivity index (χ3n) is 5.64. The average molecular weight is 423 g/mol. The topological polar surface area (TPSA) is 82.5 Å². The van der Waals surface area contributed by atoms with Crippen molar-refractivity contribution in [2.75, 3.05) is 26.2 Å². The molecule has 2 aromatic carbocycles. The summed E-state index contributed by atoms with van der Waals surface area (Å²) < 4.78 is 15.1. The predicted molar refractivity (Wildman–Crippen MR) is 116 cm³/mol. The molecule has 0 atom stereocenters. The van der Waals surface area contributed by atoms with E-state index >= 15 is 0 Å². The van der Waals surface area contributed by atoms with Gasteiger partial charge in [-0.05, 0) is 49.2 Å². The van der Waals surface area contributed by atoms with Gasteiger partial charge in [-0.15, -0.1) is 0 Å². The van der Waals surface area contributed by atoms with Gasteiger partial charge in [-0.1, -0.05) is 12.1 Å². The number of nitrogens with one attached hydrogen (secondary N) is 2. The Kier molecular flexibility index (Phi) is 6.27. The number of halogens is 1. The first-order valence-corrected chi connectivity index (χ1v) is 10.5. The van der Waals surface area contributed by atoms with Crippen LogP contribution >= 0.6 is 0 Å². The summed E-state index contributed by atoms with van der Waals surface area (Å²) in [6.07, 6.45) is 1.86. The highest BCUT2D eigenvalue weighted by Crippen LogP contribution is 2.24. The van der Waals surface area contributed by atoms with Gasteiger partial charge in [0.2, 0.25) is 11.5 Å². The van der Waals surface area contributed by atoms with Crippen LogP contribution in [-0.4, -0.2) is 52.4 Å². The minimum atomic E-state index is -0.355. The van der Waals surface area contributed by atoms with E-state index in [2.05, 4.69) is 24.8 Å². The monoisotopic (exact) mass is 423 g/mol. The van der Waals surface area contributed by atoms with Crippen LogP contribution < -0.4 is 10.9 Å². The van der Waals surface area contributed by atoms with Crippen molar-refractivity contribution in [1.82, 2.24) is 19.8 Å². The summed E-state index contributed by atoms with van der Waals surface area (Å²) >= 11 is 0. The molecule has 3 aromatic rings. The van der Waals surface area contributed by atoms with Gasteiger partial charge in [0.1, 0.15) is 5.82 Å². The molecule has 1 aromatic heterocycles. The molecule has 7 nitrogen and oxygen atoms in total. The Balaban J connectivity index is 1.35. The second-order valence-electron chi connectivity index (χ2n) is 7.80. The molecule has 162 valence electrons. The van der Waals surface area contributed by atoms with E-state index in [-0.39, 0.29) is 23.7 Å². The predicted octanol–water partition coefficient (Wildman–Crippen LogP) is 2.62. The number of hydrogen-bond donors (Lipinski definition) is 2. The number of piperidine rings is 1. The van der Waals surface area contributed by atoms with Crippen LogP contribution in [0.5, 0.6) is 0 Å². The maximum atomic E-state index is 13.0. The third-order valence-corrected chi connectivity index (χ3v) is 5.64. The Morgan fingerprint density at radius 3 is 2.55 bits per heavy atom. The summed E-state index contributed by atoms with van der Waals surface area (Å²) in [4.78, 5) is 33.5. The fraction of sp³-hybridized carbons (Fsp3) is 0.348. The zero-order valence-electron chi connectivity index (χ0n) is 17.5. The highest BCUT2D eigenvalue weighted by atomic mass is 19.1. The molecule has 0 bridgehead atoms. The lowest BCUT2D eigenvalue weighted by molar-refractivity contribution is -0.116. The first kappa shape index (κ1) is 21.0. The molecule has 1 saturated heterocycles. The molecule has 0 saturated carbocycles. The number of likely N-dealkylation sites (tertiary alicyclic amines) is 1. The fourth-order valence-corrected chi connectivity index (χ4v) is 4.12. The van der Waals surface area contributed by atoms with Crippen LogP contribution in [0.25, 0.3) is 11.0 Å². The molecule has 0 unspecified atom stereocenters. The zero-order valence-corrected chi connectivity index (χ0v) is 17.5. The number of aromatic amines is 1. The van der Waals surface area contributed by atoms with Gasteiger partial charge in [0.05, 0.1) is 11.0 Å². The van der Waals surface area contributed by atoms with Gasteiger partial charge in [-0.2, -0.15) is 4.99 Å². The quantitative estimate of drug-likeness (QED) is 0.662. The van der Waals surface area contributed by atoms with Crippen molar-refractivity contribution in [3.8, 4) is 0 Å². The van der Waals surface area contributed by atoms with E-state index in [1.807, 2.05) is 24.3 Å². The van der Waals surface area contributed by atoms with Crippen molar-refractivity contribution in [2.45, 2.75) is 25.8 Å². The SMILES string of the molecule is CC(=O)/N=c1\[nH]c2ccccc2n1C1CCN(CCNC(=O)c2ccc(F)cc2)CC1. The molecule has 1 aliphatic rings. The van der Waals surface area contributed by atoms with Gasteiger partial charge in [0.15, 0.2) is 0 Å². The van der Waals surface area contributed by atoms with Crippen molar-refractivity contribution in [1.29, 1.82) is 0 Å². The Hall–Kier alpha value is -3.26. The van der Waals surface area contributed by atoms with Crippen molar-refractivity contribution < 1.29 is 14.0 Å². The standard InChI is InChI=1S/C23H26FN5O2/c1-16(30)26-23-27-20-4-2-3-5-21(20)29(23)19-10-13-28(14-11-19)15-12-25-22(31)17-6-8-18(24)9-7-17/h2-9,19H,10-15H2,1H3,(H,25,31)(H,26,27,30). The number of fused-ring (bicyclic) bond motifs is 1. The zero-order chi connectivity index (χ0) is 21.8. The number of carbonyl (C=O) groups is 2. The molecule has 0 spiro atoms. The fourth-order valence-electron chi connectivity index (χ4n) is 4.12. The van der Waals surface area contributed by atoms with Crippen molar-refractivity contribution >= 4 is 22.8 Å². The van der Waals surface area contributed by atoms with Crippen molar-refractivity contribution in [3.05, 3.63) is 65.5 Å². The minimum absolute atomic E-state index is 0.195. The largest absolute Gasteiger partial charge is 0.351 e. The number of rotatable bonds is 5. The van der Waals surface area contributed by atoms with E-state index in [0.717, 1.165) is 43.5 Å². The summed E-state index contributed by atoms with van der Waals surface area (Å²) in [5, 5.41) is 2.89. The Labute approximate surface area is 179 Å². The molecule has 2 heterocycles. The van der Waals surface area contributed by atoms with Crippen LogP contribution in [0, 0.1) is 5.82 Å². The number of carbonyl (C=O) groups excluding carboxylic acids is 2. The van der Waals surface area contributed by atoms with Gasteiger partial charge in [-0.25, -0.2) is 4.39 Å². The molecular weight excluding hydrogens is 397 g/mol. The number of nitrogens with zero attached hydrogens (tertiary/aromatic N) is 3. The van der Waals surface area contributed by atoms with E-state index in [4.69, 9.17) is 0 Å². The molecule has 8 heteroatoms. The number of amides is 2. The second-order valence-corrected chi connectivity index (χ2v) is 7.80. The first-order valence-electron chi connectivity index (χ1n) is 10.5. The summed E-state index contributed by atoms with van der Waals surface area (Å²) in [5.74, 6) is -0.777. The van der Waals surface area contributed by atoms with Crippen molar-refractivity contribution in [3.63, 3.8) is 0 Å². The van der Waals surface area contributed by atoms with E-state index < -0.39 is 0 Å². The average Bonchev–Trinajstić information content (AvgIpc) is 3.11. The van der Waals surface area contributed by atoms with Gasteiger partial charge in [0, 0.05) is 44.7 Å². The molecule has 1 fully saturated rings.